The Bertz CT molecular complexity index is 721. The highest BCUT2D eigenvalue weighted by Crippen LogP contribution is 2.49. The Labute approximate surface area is 125 Å². The molecule has 108 valence electrons. The largest absolute Gasteiger partial charge is 0.283 e. The van der Waals surface area contributed by atoms with E-state index in [4.69, 9.17) is 4.99 Å². The molecule has 21 heavy (non-hydrogen) atoms. The van der Waals surface area contributed by atoms with Crippen molar-refractivity contribution < 1.29 is 4.39 Å². The molecule has 0 N–H and O–H groups in total. The SMILES string of the molecule is CC1=CC(C)(C)N=C2CC3=Cc4c(F)cccc4C3CC12. The molecule has 1 fully saturated rings. The number of nitrogens with zero attached hydrogens (tertiary/aromatic N) is 1. The predicted octanol–water partition coefficient (Wildman–Crippen LogP) is 4.90. The topological polar surface area (TPSA) is 12.4 Å². The van der Waals surface area contributed by atoms with Crippen molar-refractivity contribution in [2.45, 2.75) is 45.1 Å². The van der Waals surface area contributed by atoms with Crippen LogP contribution < -0.4 is 0 Å². The van der Waals surface area contributed by atoms with Crippen LogP contribution in [0.2, 0.25) is 0 Å². The number of aliphatic imine (C=N–C) groups is 1. The maximum Gasteiger partial charge on any atom is 0.130 e. The number of hydrogen-bond donors (Lipinski definition) is 0. The standard InChI is InChI=1S/C19H20FN/c1-11-10-19(2,3)21-18-8-12-7-16-13(5-4-6-17(16)20)15(12)9-14(11)18/h4-7,10,14-15H,8-9H2,1-3H3. The molecule has 1 aliphatic heterocycles. The first-order chi connectivity index (χ1) is 9.94. The fraction of sp³-hybridized carbons (Fsp3) is 0.421. The summed E-state index contributed by atoms with van der Waals surface area (Å²) in [6.45, 7) is 6.53. The fourth-order valence-corrected chi connectivity index (χ4v) is 4.28. The van der Waals surface area contributed by atoms with Gasteiger partial charge >= 0.3 is 0 Å². The van der Waals surface area contributed by atoms with E-state index < -0.39 is 0 Å². The van der Waals surface area contributed by atoms with Crippen LogP contribution in [-0.4, -0.2) is 11.3 Å². The van der Waals surface area contributed by atoms with Crippen molar-refractivity contribution in [2.75, 3.05) is 0 Å². The van der Waals surface area contributed by atoms with Crippen LogP contribution in [0, 0.1) is 11.7 Å². The van der Waals surface area contributed by atoms with Crippen molar-refractivity contribution in [1.82, 2.24) is 0 Å². The Hall–Kier alpha value is -1.70. The molecule has 0 saturated heterocycles. The minimum atomic E-state index is -0.0972. The molecule has 2 unspecified atom stereocenters. The van der Waals surface area contributed by atoms with Crippen LogP contribution >= 0.6 is 0 Å². The van der Waals surface area contributed by atoms with Crippen molar-refractivity contribution in [1.29, 1.82) is 0 Å². The molecule has 1 saturated carbocycles. The third-order valence-corrected chi connectivity index (χ3v) is 5.06. The highest BCUT2D eigenvalue weighted by Gasteiger charge is 2.39. The zero-order valence-electron chi connectivity index (χ0n) is 12.8. The lowest BCUT2D eigenvalue weighted by atomic mass is 9.71. The maximum absolute atomic E-state index is 14.0. The van der Waals surface area contributed by atoms with Crippen LogP contribution in [0.15, 0.2) is 40.4 Å². The number of fused-ring (bicyclic) bond motifs is 4. The number of benzene rings is 1. The molecule has 2 atom stereocenters. The zero-order valence-corrected chi connectivity index (χ0v) is 12.8. The molecule has 0 amide bonds. The van der Waals surface area contributed by atoms with Crippen LogP contribution in [0.3, 0.4) is 0 Å². The normalized spacial score (nSPS) is 28.9. The highest BCUT2D eigenvalue weighted by atomic mass is 19.1. The Morgan fingerprint density at radius 3 is 2.86 bits per heavy atom. The average Bonchev–Trinajstić information content (AvgIpc) is 2.75. The van der Waals surface area contributed by atoms with E-state index in [1.54, 1.807) is 6.07 Å². The third-order valence-electron chi connectivity index (χ3n) is 5.06. The average molecular weight is 281 g/mol. The molecule has 1 aromatic rings. The third kappa shape index (κ3) is 1.92. The fourth-order valence-electron chi connectivity index (χ4n) is 4.28. The minimum Gasteiger partial charge on any atom is -0.283 e. The van der Waals surface area contributed by atoms with E-state index in [1.165, 1.54) is 22.4 Å². The second-order valence-electron chi connectivity index (χ2n) is 7.12. The van der Waals surface area contributed by atoms with Gasteiger partial charge in [0.15, 0.2) is 0 Å². The molecule has 3 aliphatic rings. The summed E-state index contributed by atoms with van der Waals surface area (Å²) in [5.74, 6) is 0.727. The first-order valence-corrected chi connectivity index (χ1v) is 7.71. The van der Waals surface area contributed by atoms with E-state index in [-0.39, 0.29) is 11.4 Å². The Morgan fingerprint density at radius 2 is 2.05 bits per heavy atom. The molecule has 2 aliphatic carbocycles. The summed E-state index contributed by atoms with van der Waals surface area (Å²) < 4.78 is 14.0. The first-order valence-electron chi connectivity index (χ1n) is 7.71. The zero-order chi connectivity index (χ0) is 14.8. The monoisotopic (exact) mass is 281 g/mol. The summed E-state index contributed by atoms with van der Waals surface area (Å²) in [5, 5.41) is 0. The summed E-state index contributed by atoms with van der Waals surface area (Å²) >= 11 is 0. The van der Waals surface area contributed by atoms with E-state index in [0.717, 1.165) is 18.4 Å². The van der Waals surface area contributed by atoms with Crippen molar-refractivity contribution in [3.63, 3.8) is 0 Å². The quantitative estimate of drug-likeness (QED) is 0.600. The van der Waals surface area contributed by atoms with Crippen molar-refractivity contribution in [2.24, 2.45) is 10.9 Å². The predicted molar refractivity (Wildman–Crippen MR) is 85.1 cm³/mol. The van der Waals surface area contributed by atoms with Crippen LogP contribution in [0.1, 0.15) is 50.7 Å². The van der Waals surface area contributed by atoms with Crippen LogP contribution in [-0.2, 0) is 0 Å². The van der Waals surface area contributed by atoms with Crippen molar-refractivity contribution in [3.8, 4) is 0 Å². The van der Waals surface area contributed by atoms with Crippen LogP contribution in [0.25, 0.3) is 6.08 Å². The van der Waals surface area contributed by atoms with Gasteiger partial charge in [-0.25, -0.2) is 4.39 Å². The van der Waals surface area contributed by atoms with E-state index in [2.05, 4.69) is 39.0 Å². The van der Waals surface area contributed by atoms with Gasteiger partial charge in [0.25, 0.3) is 0 Å². The molecular formula is C19H20FN. The number of allylic oxidation sites excluding steroid dienone is 2. The van der Waals surface area contributed by atoms with E-state index in [1.807, 2.05) is 6.07 Å². The van der Waals surface area contributed by atoms with E-state index >= 15 is 0 Å². The first kappa shape index (κ1) is 13.0. The summed E-state index contributed by atoms with van der Waals surface area (Å²) in [6, 6.07) is 5.48. The molecular weight excluding hydrogens is 261 g/mol. The van der Waals surface area contributed by atoms with Gasteiger partial charge < -0.3 is 0 Å². The van der Waals surface area contributed by atoms with Crippen molar-refractivity contribution >= 4 is 11.8 Å². The maximum atomic E-state index is 14.0. The van der Waals surface area contributed by atoms with Gasteiger partial charge in [0.1, 0.15) is 5.82 Å². The molecule has 1 aromatic carbocycles. The Balaban J connectivity index is 1.78. The molecule has 2 heteroatoms. The van der Waals surface area contributed by atoms with Crippen LogP contribution in [0.5, 0.6) is 0 Å². The van der Waals surface area contributed by atoms with Gasteiger partial charge in [-0.2, -0.15) is 0 Å². The van der Waals surface area contributed by atoms with Crippen LogP contribution in [0.4, 0.5) is 4.39 Å². The Morgan fingerprint density at radius 1 is 1.24 bits per heavy atom. The summed E-state index contributed by atoms with van der Waals surface area (Å²) in [7, 11) is 0. The van der Waals surface area contributed by atoms with Gasteiger partial charge in [-0.15, -0.1) is 0 Å². The lowest BCUT2D eigenvalue weighted by molar-refractivity contribution is 0.539. The Kier molecular flexibility index (Phi) is 2.57. The second-order valence-corrected chi connectivity index (χ2v) is 7.12. The summed E-state index contributed by atoms with van der Waals surface area (Å²) in [4.78, 5) is 4.94. The molecule has 1 heterocycles. The van der Waals surface area contributed by atoms with Crippen molar-refractivity contribution in [3.05, 3.63) is 52.4 Å². The minimum absolute atomic E-state index is 0.0908. The van der Waals surface area contributed by atoms with Gasteiger partial charge in [0, 0.05) is 29.5 Å². The van der Waals surface area contributed by atoms with Gasteiger partial charge in [-0.1, -0.05) is 35.4 Å². The summed E-state index contributed by atoms with van der Waals surface area (Å²) in [6.07, 6.45) is 6.30. The smallest absolute Gasteiger partial charge is 0.130 e. The van der Waals surface area contributed by atoms with Gasteiger partial charge in [0.2, 0.25) is 0 Å². The van der Waals surface area contributed by atoms with E-state index in [0.29, 0.717) is 11.8 Å². The molecule has 4 rings (SSSR count). The number of halogens is 1. The number of rotatable bonds is 0. The molecule has 0 bridgehead atoms. The van der Waals surface area contributed by atoms with Gasteiger partial charge in [-0.05, 0) is 38.8 Å². The lowest BCUT2D eigenvalue weighted by Crippen LogP contribution is -2.33. The number of dihydropyridines is 1. The summed E-state index contributed by atoms with van der Waals surface area (Å²) in [5.41, 5.74) is 5.93. The number of hydrogen-bond acceptors (Lipinski definition) is 1. The molecule has 0 radical (unpaired) electrons. The second kappa shape index (κ2) is 4.16. The van der Waals surface area contributed by atoms with E-state index in [9.17, 15) is 4.39 Å². The molecule has 0 aromatic heterocycles. The highest BCUT2D eigenvalue weighted by molar-refractivity contribution is 5.95. The molecule has 0 spiro atoms. The molecule has 1 nitrogen and oxygen atoms in total. The van der Waals surface area contributed by atoms with Gasteiger partial charge in [-0.3, -0.25) is 4.99 Å². The lowest BCUT2D eigenvalue weighted by Gasteiger charge is -2.37. The van der Waals surface area contributed by atoms with Gasteiger partial charge in [0.05, 0.1) is 5.54 Å².